The Hall–Kier alpha value is -0.530. The van der Waals surface area contributed by atoms with Gasteiger partial charge in [-0.2, -0.15) is 0 Å². The maximum Gasteiger partial charge on any atom is 0.180 e. The van der Waals surface area contributed by atoms with Gasteiger partial charge in [-0.1, -0.05) is 11.6 Å². The second-order valence-electron chi connectivity index (χ2n) is 3.40. The van der Waals surface area contributed by atoms with Crippen LogP contribution in [0, 0.1) is 13.8 Å². The molecular weight excluding hydrogens is 219 g/mol. The van der Waals surface area contributed by atoms with Crippen LogP contribution in [0.15, 0.2) is 12.1 Å². The van der Waals surface area contributed by atoms with Crippen molar-refractivity contribution < 1.29 is 4.79 Å². The topological polar surface area (TPSA) is 17.1 Å². The fraction of sp³-hybridized carbons (Fsp3) is 0.364. The smallest absolute Gasteiger partial charge is 0.180 e. The van der Waals surface area contributed by atoms with Crippen LogP contribution in [0.25, 0.3) is 0 Å². The molecule has 1 aromatic carbocycles. The lowest BCUT2D eigenvalue weighted by Crippen LogP contribution is -2.12. The van der Waals surface area contributed by atoms with Crippen LogP contribution in [0.1, 0.15) is 28.4 Å². The number of rotatable bonds is 2. The second-order valence-corrected chi connectivity index (χ2v) is 4.46. The zero-order valence-electron chi connectivity index (χ0n) is 8.40. The van der Waals surface area contributed by atoms with E-state index in [0.717, 1.165) is 11.1 Å². The number of ketones is 1. The first kappa shape index (κ1) is 11.5. The van der Waals surface area contributed by atoms with Gasteiger partial charge in [-0.15, -0.1) is 11.6 Å². The number of benzene rings is 1. The summed E-state index contributed by atoms with van der Waals surface area (Å²) in [5.41, 5.74) is 2.44. The normalized spacial score (nSPS) is 12.6. The van der Waals surface area contributed by atoms with Crippen LogP contribution < -0.4 is 0 Å². The second kappa shape index (κ2) is 4.33. The van der Waals surface area contributed by atoms with Gasteiger partial charge in [0.2, 0.25) is 0 Å². The zero-order valence-corrected chi connectivity index (χ0v) is 9.91. The molecule has 0 radical (unpaired) electrons. The lowest BCUT2D eigenvalue weighted by atomic mass is 10.0. The Kier molecular flexibility index (Phi) is 3.57. The van der Waals surface area contributed by atoms with Crippen molar-refractivity contribution in [3.63, 3.8) is 0 Å². The molecule has 76 valence electrons. The Morgan fingerprint density at radius 2 is 1.86 bits per heavy atom. The van der Waals surface area contributed by atoms with Crippen molar-refractivity contribution in [2.45, 2.75) is 26.1 Å². The van der Waals surface area contributed by atoms with E-state index in [-0.39, 0.29) is 5.78 Å². The molecule has 1 rings (SSSR count). The first-order valence-corrected chi connectivity index (χ1v) is 5.20. The van der Waals surface area contributed by atoms with Crippen LogP contribution in [-0.2, 0) is 0 Å². The molecule has 0 N–H and O–H groups in total. The molecule has 0 aliphatic rings. The van der Waals surface area contributed by atoms with E-state index in [1.54, 1.807) is 19.1 Å². The molecule has 0 saturated heterocycles. The highest BCUT2D eigenvalue weighted by Gasteiger charge is 2.15. The maximum atomic E-state index is 11.7. The number of aryl methyl sites for hydroxylation is 2. The maximum absolute atomic E-state index is 11.7. The van der Waals surface area contributed by atoms with Crippen molar-refractivity contribution in [1.29, 1.82) is 0 Å². The van der Waals surface area contributed by atoms with Gasteiger partial charge < -0.3 is 0 Å². The van der Waals surface area contributed by atoms with E-state index in [0.29, 0.717) is 10.6 Å². The fourth-order valence-corrected chi connectivity index (χ4v) is 1.60. The summed E-state index contributed by atoms with van der Waals surface area (Å²) in [5.74, 6) is -0.0519. The SMILES string of the molecule is Cc1cc(C(=O)C(C)Cl)c(C)cc1Cl. The van der Waals surface area contributed by atoms with E-state index in [1.165, 1.54) is 0 Å². The van der Waals surface area contributed by atoms with Gasteiger partial charge in [-0.05, 0) is 44.0 Å². The average molecular weight is 231 g/mol. The number of halogens is 2. The molecule has 0 aromatic heterocycles. The minimum absolute atomic E-state index is 0.0519. The number of hydrogen-bond acceptors (Lipinski definition) is 1. The molecule has 0 aliphatic heterocycles. The van der Waals surface area contributed by atoms with Crippen LogP contribution in [-0.4, -0.2) is 11.2 Å². The molecule has 1 nitrogen and oxygen atoms in total. The molecule has 0 aliphatic carbocycles. The van der Waals surface area contributed by atoms with Crippen molar-refractivity contribution in [2.75, 3.05) is 0 Å². The number of Topliss-reactive ketones (excluding diaryl/α,β-unsaturated/α-hetero) is 1. The lowest BCUT2D eigenvalue weighted by Gasteiger charge is -2.08. The van der Waals surface area contributed by atoms with Gasteiger partial charge in [0, 0.05) is 10.6 Å². The summed E-state index contributed by atoms with van der Waals surface area (Å²) in [4.78, 5) is 11.7. The molecule has 0 saturated carbocycles. The highest BCUT2D eigenvalue weighted by Crippen LogP contribution is 2.22. The van der Waals surface area contributed by atoms with Gasteiger partial charge in [0.05, 0.1) is 5.38 Å². The summed E-state index contributed by atoms with van der Waals surface area (Å²) in [6, 6.07) is 3.59. The molecular formula is C11H12Cl2O. The van der Waals surface area contributed by atoms with E-state index in [2.05, 4.69) is 0 Å². The third-order valence-corrected chi connectivity index (χ3v) is 2.74. The van der Waals surface area contributed by atoms with Crippen LogP contribution >= 0.6 is 23.2 Å². The van der Waals surface area contributed by atoms with E-state index in [1.807, 2.05) is 13.8 Å². The van der Waals surface area contributed by atoms with Gasteiger partial charge in [0.1, 0.15) is 0 Å². The zero-order chi connectivity index (χ0) is 10.9. The van der Waals surface area contributed by atoms with Gasteiger partial charge in [-0.3, -0.25) is 4.79 Å². The molecule has 14 heavy (non-hydrogen) atoms. The van der Waals surface area contributed by atoms with Crippen molar-refractivity contribution in [3.8, 4) is 0 Å². The first-order valence-electron chi connectivity index (χ1n) is 4.38. The van der Waals surface area contributed by atoms with Gasteiger partial charge in [-0.25, -0.2) is 0 Å². The summed E-state index contributed by atoms with van der Waals surface area (Å²) in [6.07, 6.45) is 0. The Morgan fingerprint density at radius 3 is 2.36 bits per heavy atom. The van der Waals surface area contributed by atoms with Crippen LogP contribution in [0.2, 0.25) is 5.02 Å². The monoisotopic (exact) mass is 230 g/mol. The predicted octanol–water partition coefficient (Wildman–Crippen LogP) is 3.77. The molecule has 3 heteroatoms. The lowest BCUT2D eigenvalue weighted by molar-refractivity contribution is 0.0991. The molecule has 1 unspecified atom stereocenters. The summed E-state index contributed by atoms with van der Waals surface area (Å²) in [5, 5.41) is 0.190. The van der Waals surface area contributed by atoms with E-state index in [4.69, 9.17) is 23.2 Å². The minimum atomic E-state index is -0.491. The Bertz CT molecular complexity index is 370. The fourth-order valence-electron chi connectivity index (χ4n) is 1.26. The number of alkyl halides is 1. The number of hydrogen-bond donors (Lipinski definition) is 0. The third-order valence-electron chi connectivity index (χ3n) is 2.13. The Labute approximate surface area is 94.0 Å². The molecule has 0 fully saturated rings. The summed E-state index contributed by atoms with van der Waals surface area (Å²) >= 11 is 11.7. The molecule has 0 bridgehead atoms. The third kappa shape index (κ3) is 2.28. The van der Waals surface area contributed by atoms with Gasteiger partial charge in [0.25, 0.3) is 0 Å². The van der Waals surface area contributed by atoms with Crippen LogP contribution in [0.4, 0.5) is 0 Å². The van der Waals surface area contributed by atoms with E-state index in [9.17, 15) is 4.79 Å². The Morgan fingerprint density at radius 1 is 1.29 bits per heavy atom. The molecule has 1 aromatic rings. The van der Waals surface area contributed by atoms with E-state index >= 15 is 0 Å². The number of carbonyl (C=O) groups is 1. The number of carbonyl (C=O) groups excluding carboxylic acids is 1. The largest absolute Gasteiger partial charge is 0.293 e. The van der Waals surface area contributed by atoms with E-state index < -0.39 is 5.38 Å². The molecule has 0 heterocycles. The highest BCUT2D eigenvalue weighted by molar-refractivity contribution is 6.34. The Balaban J connectivity index is 3.22. The molecule has 1 atom stereocenters. The van der Waals surface area contributed by atoms with Crippen LogP contribution in [0.3, 0.4) is 0 Å². The highest BCUT2D eigenvalue weighted by atomic mass is 35.5. The van der Waals surface area contributed by atoms with Crippen molar-refractivity contribution in [1.82, 2.24) is 0 Å². The standard InChI is InChI=1S/C11H12Cl2O/c1-6-5-10(13)7(2)4-9(6)11(14)8(3)12/h4-5,8H,1-3H3. The summed E-state index contributed by atoms with van der Waals surface area (Å²) < 4.78 is 0. The van der Waals surface area contributed by atoms with Crippen molar-refractivity contribution in [3.05, 3.63) is 33.8 Å². The molecule has 0 spiro atoms. The predicted molar refractivity (Wildman–Crippen MR) is 60.6 cm³/mol. The summed E-state index contributed by atoms with van der Waals surface area (Å²) in [7, 11) is 0. The van der Waals surface area contributed by atoms with Crippen molar-refractivity contribution in [2.24, 2.45) is 0 Å². The van der Waals surface area contributed by atoms with Gasteiger partial charge in [0.15, 0.2) is 5.78 Å². The van der Waals surface area contributed by atoms with Gasteiger partial charge >= 0.3 is 0 Å². The quantitative estimate of drug-likeness (QED) is 0.559. The average Bonchev–Trinajstić information content (AvgIpc) is 2.10. The minimum Gasteiger partial charge on any atom is -0.293 e. The summed E-state index contributed by atoms with van der Waals surface area (Å²) in [6.45, 7) is 5.41. The molecule has 0 amide bonds. The van der Waals surface area contributed by atoms with Crippen LogP contribution in [0.5, 0.6) is 0 Å². The first-order chi connectivity index (χ1) is 6.43. The van der Waals surface area contributed by atoms with Crippen molar-refractivity contribution >= 4 is 29.0 Å².